The first-order chi connectivity index (χ1) is 9.63. The SMILES string of the molecule is CC(C)CNCc1cc(Oc2ccc(Br)cc2)ccn1. The minimum absolute atomic E-state index is 0.636. The lowest BCUT2D eigenvalue weighted by molar-refractivity contribution is 0.479. The molecule has 0 amide bonds. The van der Waals surface area contributed by atoms with Crippen molar-refractivity contribution in [1.82, 2.24) is 10.3 Å². The van der Waals surface area contributed by atoms with Gasteiger partial charge in [-0.2, -0.15) is 0 Å². The molecule has 106 valence electrons. The second kappa shape index (κ2) is 7.41. The number of benzene rings is 1. The van der Waals surface area contributed by atoms with Gasteiger partial charge in [0.15, 0.2) is 0 Å². The van der Waals surface area contributed by atoms with Gasteiger partial charge in [0.05, 0.1) is 5.69 Å². The lowest BCUT2D eigenvalue weighted by Gasteiger charge is -2.09. The van der Waals surface area contributed by atoms with Crippen molar-refractivity contribution in [3.8, 4) is 11.5 Å². The van der Waals surface area contributed by atoms with Crippen LogP contribution < -0.4 is 10.1 Å². The van der Waals surface area contributed by atoms with E-state index in [0.717, 1.165) is 34.8 Å². The number of halogens is 1. The van der Waals surface area contributed by atoms with E-state index in [1.807, 2.05) is 36.4 Å². The Bertz CT molecular complexity index is 540. The highest BCUT2D eigenvalue weighted by Gasteiger charge is 2.01. The van der Waals surface area contributed by atoms with Gasteiger partial charge in [-0.25, -0.2) is 0 Å². The molecule has 0 saturated heterocycles. The Morgan fingerprint density at radius 3 is 2.60 bits per heavy atom. The molecule has 4 heteroatoms. The number of nitrogens with one attached hydrogen (secondary N) is 1. The summed E-state index contributed by atoms with van der Waals surface area (Å²) in [4.78, 5) is 4.34. The van der Waals surface area contributed by atoms with Gasteiger partial charge < -0.3 is 10.1 Å². The van der Waals surface area contributed by atoms with Gasteiger partial charge in [0.25, 0.3) is 0 Å². The fourth-order valence-electron chi connectivity index (χ4n) is 1.74. The lowest BCUT2D eigenvalue weighted by atomic mass is 10.2. The van der Waals surface area contributed by atoms with Crippen LogP contribution in [0.2, 0.25) is 0 Å². The summed E-state index contributed by atoms with van der Waals surface area (Å²) < 4.78 is 6.85. The first-order valence-corrected chi connectivity index (χ1v) is 7.52. The molecule has 1 aromatic carbocycles. The van der Waals surface area contributed by atoms with E-state index in [-0.39, 0.29) is 0 Å². The minimum atomic E-state index is 0.636. The molecular formula is C16H19BrN2O. The maximum Gasteiger partial charge on any atom is 0.130 e. The van der Waals surface area contributed by atoms with Crippen molar-refractivity contribution in [3.63, 3.8) is 0 Å². The Labute approximate surface area is 128 Å². The quantitative estimate of drug-likeness (QED) is 0.851. The molecule has 0 aliphatic carbocycles. The van der Waals surface area contributed by atoms with Crippen LogP contribution in [0.3, 0.4) is 0 Å². The molecule has 0 aliphatic rings. The van der Waals surface area contributed by atoms with Crippen molar-refractivity contribution < 1.29 is 4.74 Å². The lowest BCUT2D eigenvalue weighted by Crippen LogP contribution is -2.19. The molecule has 2 rings (SSSR count). The predicted molar refractivity (Wildman–Crippen MR) is 85.0 cm³/mol. The van der Waals surface area contributed by atoms with E-state index >= 15 is 0 Å². The summed E-state index contributed by atoms with van der Waals surface area (Å²) in [6.45, 7) is 6.12. The second-order valence-corrected chi connectivity index (χ2v) is 5.98. The Hall–Kier alpha value is -1.39. The van der Waals surface area contributed by atoms with E-state index in [1.54, 1.807) is 6.20 Å². The normalized spacial score (nSPS) is 10.8. The topological polar surface area (TPSA) is 34.1 Å². The van der Waals surface area contributed by atoms with Crippen molar-refractivity contribution >= 4 is 15.9 Å². The van der Waals surface area contributed by atoms with Crippen LogP contribution in [0, 0.1) is 5.92 Å². The third kappa shape index (κ3) is 4.94. The maximum atomic E-state index is 5.81. The summed E-state index contributed by atoms with van der Waals surface area (Å²) in [6.07, 6.45) is 1.78. The third-order valence-electron chi connectivity index (χ3n) is 2.70. The van der Waals surface area contributed by atoms with Gasteiger partial charge >= 0.3 is 0 Å². The van der Waals surface area contributed by atoms with Gasteiger partial charge in [0.2, 0.25) is 0 Å². The number of rotatable bonds is 6. The molecule has 1 heterocycles. The van der Waals surface area contributed by atoms with E-state index in [2.05, 4.69) is 40.1 Å². The number of aromatic nitrogens is 1. The van der Waals surface area contributed by atoms with Crippen LogP contribution in [-0.4, -0.2) is 11.5 Å². The van der Waals surface area contributed by atoms with Crippen LogP contribution in [0.15, 0.2) is 47.1 Å². The van der Waals surface area contributed by atoms with Crippen molar-refractivity contribution in [3.05, 3.63) is 52.8 Å². The molecule has 0 saturated carbocycles. The summed E-state index contributed by atoms with van der Waals surface area (Å²) in [5.41, 5.74) is 0.986. The fourth-order valence-corrected chi connectivity index (χ4v) is 2.01. The van der Waals surface area contributed by atoms with Gasteiger partial charge in [0.1, 0.15) is 11.5 Å². The van der Waals surface area contributed by atoms with Crippen LogP contribution in [0.5, 0.6) is 11.5 Å². The highest BCUT2D eigenvalue weighted by Crippen LogP contribution is 2.23. The number of hydrogen-bond donors (Lipinski definition) is 1. The third-order valence-corrected chi connectivity index (χ3v) is 3.22. The van der Waals surface area contributed by atoms with E-state index in [0.29, 0.717) is 5.92 Å². The molecule has 0 atom stereocenters. The van der Waals surface area contributed by atoms with Crippen molar-refractivity contribution in [2.75, 3.05) is 6.54 Å². The molecule has 0 radical (unpaired) electrons. The van der Waals surface area contributed by atoms with E-state index in [4.69, 9.17) is 4.74 Å². The van der Waals surface area contributed by atoms with Gasteiger partial charge in [-0.05, 0) is 42.8 Å². The fraction of sp³-hybridized carbons (Fsp3) is 0.312. The van der Waals surface area contributed by atoms with E-state index in [9.17, 15) is 0 Å². The van der Waals surface area contributed by atoms with Crippen LogP contribution in [-0.2, 0) is 6.54 Å². The molecule has 0 unspecified atom stereocenters. The first kappa shape index (κ1) is 15.0. The summed E-state index contributed by atoms with van der Waals surface area (Å²) in [5, 5.41) is 3.38. The number of nitrogens with zero attached hydrogens (tertiary/aromatic N) is 1. The molecule has 20 heavy (non-hydrogen) atoms. The van der Waals surface area contributed by atoms with Crippen molar-refractivity contribution in [1.29, 1.82) is 0 Å². The van der Waals surface area contributed by atoms with Crippen LogP contribution in [0.1, 0.15) is 19.5 Å². The zero-order valence-electron chi connectivity index (χ0n) is 11.8. The Morgan fingerprint density at radius 1 is 1.15 bits per heavy atom. The highest BCUT2D eigenvalue weighted by molar-refractivity contribution is 9.10. The smallest absolute Gasteiger partial charge is 0.130 e. The largest absolute Gasteiger partial charge is 0.457 e. The van der Waals surface area contributed by atoms with Gasteiger partial charge in [-0.1, -0.05) is 29.8 Å². The summed E-state index contributed by atoms with van der Waals surface area (Å²) in [7, 11) is 0. The molecule has 3 nitrogen and oxygen atoms in total. The molecule has 0 fully saturated rings. The number of pyridine rings is 1. The average molecular weight is 335 g/mol. The van der Waals surface area contributed by atoms with Gasteiger partial charge in [-0.3, -0.25) is 4.98 Å². The summed E-state index contributed by atoms with van der Waals surface area (Å²) in [5.74, 6) is 2.27. The summed E-state index contributed by atoms with van der Waals surface area (Å²) >= 11 is 3.41. The molecule has 1 N–H and O–H groups in total. The Morgan fingerprint density at radius 2 is 1.90 bits per heavy atom. The van der Waals surface area contributed by atoms with Crippen LogP contribution in [0.4, 0.5) is 0 Å². The molecular weight excluding hydrogens is 316 g/mol. The monoisotopic (exact) mass is 334 g/mol. The molecule has 0 bridgehead atoms. The molecule has 1 aromatic heterocycles. The highest BCUT2D eigenvalue weighted by atomic mass is 79.9. The zero-order valence-corrected chi connectivity index (χ0v) is 13.4. The molecule has 0 spiro atoms. The summed E-state index contributed by atoms with van der Waals surface area (Å²) in [6, 6.07) is 11.6. The van der Waals surface area contributed by atoms with E-state index in [1.165, 1.54) is 0 Å². The van der Waals surface area contributed by atoms with Gasteiger partial charge in [-0.15, -0.1) is 0 Å². The molecule has 2 aromatic rings. The minimum Gasteiger partial charge on any atom is -0.457 e. The van der Waals surface area contributed by atoms with Crippen molar-refractivity contribution in [2.24, 2.45) is 5.92 Å². The Balaban J connectivity index is 1.96. The predicted octanol–water partition coefficient (Wildman–Crippen LogP) is 4.38. The van der Waals surface area contributed by atoms with Gasteiger partial charge in [0, 0.05) is 23.3 Å². The van der Waals surface area contributed by atoms with Crippen molar-refractivity contribution in [2.45, 2.75) is 20.4 Å². The van der Waals surface area contributed by atoms with Crippen LogP contribution in [0.25, 0.3) is 0 Å². The van der Waals surface area contributed by atoms with E-state index < -0.39 is 0 Å². The number of ether oxygens (including phenoxy) is 1. The zero-order chi connectivity index (χ0) is 14.4. The maximum absolute atomic E-state index is 5.81. The molecule has 0 aliphatic heterocycles. The first-order valence-electron chi connectivity index (χ1n) is 6.72. The standard InChI is InChI=1S/C16H19BrN2O/c1-12(2)10-18-11-14-9-16(7-8-19-14)20-15-5-3-13(17)4-6-15/h3-9,12,18H,10-11H2,1-2H3. The van der Waals surface area contributed by atoms with Crippen LogP contribution >= 0.6 is 15.9 Å². The second-order valence-electron chi connectivity index (χ2n) is 5.06. The Kier molecular flexibility index (Phi) is 5.56. The number of hydrogen-bond acceptors (Lipinski definition) is 3. The average Bonchev–Trinajstić information content (AvgIpc) is 2.41.